The topological polar surface area (TPSA) is 50.7 Å². The third kappa shape index (κ3) is 4.90. The van der Waals surface area contributed by atoms with Gasteiger partial charge in [-0.05, 0) is 72.6 Å². The maximum atomic E-state index is 12.3. The fraction of sp³-hybridized carbons (Fsp3) is 0.143. The van der Waals surface area contributed by atoms with Crippen LogP contribution in [0.3, 0.4) is 0 Å². The lowest BCUT2D eigenvalue weighted by molar-refractivity contribution is -0.115. The third-order valence-corrected chi connectivity index (χ3v) is 6.01. The number of rotatable bonds is 5. The van der Waals surface area contributed by atoms with Crippen LogP contribution in [0.5, 0.6) is 5.75 Å². The van der Waals surface area contributed by atoms with Gasteiger partial charge in [0.25, 0.3) is 5.91 Å². The molecule has 0 atom stereocenters. The molecule has 138 valence electrons. The number of aryl methyl sites for hydroxylation is 2. The lowest BCUT2D eigenvalue weighted by Gasteiger charge is -2.05. The Balaban J connectivity index is 1.77. The molecule has 0 radical (unpaired) electrons. The average Bonchev–Trinajstić information content (AvgIpc) is 2.98. The SMILES string of the molecule is C=CCOc1ccc(/C=C2\SC(=Nc3cc(C)c(Br)c(C)c3)NC2=O)cc1. The normalized spacial score (nSPS) is 16.6. The van der Waals surface area contributed by atoms with Gasteiger partial charge in [-0.15, -0.1) is 0 Å². The number of carbonyl (C=O) groups excluding carboxylic acids is 1. The summed E-state index contributed by atoms with van der Waals surface area (Å²) < 4.78 is 6.55. The minimum atomic E-state index is -0.142. The van der Waals surface area contributed by atoms with Crippen LogP contribution in [-0.2, 0) is 4.79 Å². The fourth-order valence-electron chi connectivity index (χ4n) is 2.55. The number of halogens is 1. The van der Waals surface area contributed by atoms with Gasteiger partial charge in [0.1, 0.15) is 12.4 Å². The summed E-state index contributed by atoms with van der Waals surface area (Å²) in [6.07, 6.45) is 3.54. The molecule has 1 aliphatic rings. The number of ether oxygens (including phenoxy) is 1. The molecule has 1 amide bonds. The number of amides is 1. The molecular formula is C21H19BrN2O2S. The lowest BCUT2D eigenvalue weighted by atomic mass is 10.1. The van der Waals surface area contributed by atoms with Gasteiger partial charge < -0.3 is 10.1 Å². The average molecular weight is 443 g/mol. The molecule has 1 saturated heterocycles. The van der Waals surface area contributed by atoms with Crippen molar-refractivity contribution in [1.29, 1.82) is 0 Å². The van der Waals surface area contributed by atoms with Crippen molar-refractivity contribution in [1.82, 2.24) is 5.32 Å². The number of benzene rings is 2. The standard InChI is InChI=1S/C21H19BrN2O2S/c1-4-9-26-17-7-5-15(6-8-17)12-18-20(25)24-21(27-18)23-16-10-13(2)19(22)14(3)11-16/h4-8,10-12H,1,9H2,2-3H3,(H,23,24,25)/b18-12-. The van der Waals surface area contributed by atoms with E-state index in [0.29, 0.717) is 16.7 Å². The van der Waals surface area contributed by atoms with Gasteiger partial charge in [-0.2, -0.15) is 0 Å². The van der Waals surface area contributed by atoms with Crippen molar-refractivity contribution in [2.75, 3.05) is 6.61 Å². The van der Waals surface area contributed by atoms with Crippen LogP contribution >= 0.6 is 27.7 Å². The number of nitrogens with one attached hydrogen (secondary N) is 1. The maximum Gasteiger partial charge on any atom is 0.264 e. The predicted molar refractivity (Wildman–Crippen MR) is 117 cm³/mol. The van der Waals surface area contributed by atoms with E-state index in [1.54, 1.807) is 6.08 Å². The smallest absolute Gasteiger partial charge is 0.264 e. The highest BCUT2D eigenvalue weighted by Crippen LogP contribution is 2.31. The maximum absolute atomic E-state index is 12.3. The number of carbonyl (C=O) groups is 1. The first-order valence-corrected chi connectivity index (χ1v) is 9.97. The second-order valence-corrected chi connectivity index (χ2v) is 7.87. The quantitative estimate of drug-likeness (QED) is 0.489. The van der Waals surface area contributed by atoms with Gasteiger partial charge in [-0.3, -0.25) is 4.79 Å². The predicted octanol–water partition coefficient (Wildman–Crippen LogP) is 5.52. The molecular weight excluding hydrogens is 424 g/mol. The van der Waals surface area contributed by atoms with Crippen LogP contribution in [0.1, 0.15) is 16.7 Å². The molecule has 1 heterocycles. The molecule has 27 heavy (non-hydrogen) atoms. The molecule has 0 spiro atoms. The summed E-state index contributed by atoms with van der Waals surface area (Å²) in [5.41, 5.74) is 3.97. The Kier molecular flexibility index (Phi) is 6.19. The number of thioether (sulfide) groups is 1. The third-order valence-electron chi connectivity index (χ3n) is 3.85. The van der Waals surface area contributed by atoms with Crippen molar-refractivity contribution in [3.05, 3.63) is 75.1 Å². The van der Waals surface area contributed by atoms with Crippen LogP contribution in [0.2, 0.25) is 0 Å². The van der Waals surface area contributed by atoms with E-state index in [9.17, 15) is 4.79 Å². The van der Waals surface area contributed by atoms with Gasteiger partial charge in [-0.25, -0.2) is 4.99 Å². The Morgan fingerprint density at radius 3 is 2.52 bits per heavy atom. The van der Waals surface area contributed by atoms with Crippen LogP contribution in [0.4, 0.5) is 5.69 Å². The Labute approximate surface area is 171 Å². The Bertz CT molecular complexity index is 926. The molecule has 2 aromatic rings. The molecule has 4 nitrogen and oxygen atoms in total. The molecule has 0 aliphatic carbocycles. The Hall–Kier alpha value is -2.31. The number of hydrogen-bond acceptors (Lipinski definition) is 4. The van der Waals surface area contributed by atoms with Crippen molar-refractivity contribution >= 4 is 50.5 Å². The molecule has 1 fully saturated rings. The highest BCUT2D eigenvalue weighted by Gasteiger charge is 2.23. The van der Waals surface area contributed by atoms with E-state index >= 15 is 0 Å². The van der Waals surface area contributed by atoms with Gasteiger partial charge in [0.05, 0.1) is 10.6 Å². The summed E-state index contributed by atoms with van der Waals surface area (Å²) in [4.78, 5) is 17.4. The van der Waals surface area contributed by atoms with Gasteiger partial charge in [0, 0.05) is 4.47 Å². The van der Waals surface area contributed by atoms with E-state index < -0.39 is 0 Å². The zero-order valence-electron chi connectivity index (χ0n) is 15.1. The first-order valence-electron chi connectivity index (χ1n) is 8.36. The summed E-state index contributed by atoms with van der Waals surface area (Å²) in [5.74, 6) is 0.625. The molecule has 2 aromatic carbocycles. The van der Waals surface area contributed by atoms with Crippen LogP contribution in [0.15, 0.2) is 63.4 Å². The summed E-state index contributed by atoms with van der Waals surface area (Å²) in [6.45, 7) is 8.14. The second kappa shape index (κ2) is 8.59. The summed E-state index contributed by atoms with van der Waals surface area (Å²) in [5, 5.41) is 3.41. The van der Waals surface area contributed by atoms with E-state index in [4.69, 9.17) is 4.74 Å². The first-order chi connectivity index (χ1) is 13.0. The molecule has 1 aliphatic heterocycles. The monoisotopic (exact) mass is 442 g/mol. The van der Waals surface area contributed by atoms with Crippen LogP contribution in [0.25, 0.3) is 6.08 Å². The summed E-state index contributed by atoms with van der Waals surface area (Å²) >= 11 is 4.89. The van der Waals surface area contributed by atoms with E-state index in [2.05, 4.69) is 32.8 Å². The van der Waals surface area contributed by atoms with Crippen molar-refractivity contribution in [2.45, 2.75) is 13.8 Å². The number of aliphatic imine (C=N–C) groups is 1. The van der Waals surface area contributed by atoms with Crippen LogP contribution in [0, 0.1) is 13.8 Å². The zero-order valence-corrected chi connectivity index (χ0v) is 17.5. The number of amidine groups is 1. The lowest BCUT2D eigenvalue weighted by Crippen LogP contribution is -2.19. The molecule has 0 unspecified atom stereocenters. The van der Waals surface area contributed by atoms with E-state index in [1.165, 1.54) is 11.8 Å². The molecule has 0 saturated carbocycles. The van der Waals surface area contributed by atoms with Crippen molar-refractivity contribution in [3.63, 3.8) is 0 Å². The first kappa shape index (κ1) is 19.5. The van der Waals surface area contributed by atoms with E-state index in [1.807, 2.05) is 56.3 Å². The highest BCUT2D eigenvalue weighted by molar-refractivity contribution is 9.10. The number of hydrogen-bond donors (Lipinski definition) is 1. The second-order valence-electron chi connectivity index (χ2n) is 6.04. The zero-order chi connectivity index (χ0) is 19.4. The largest absolute Gasteiger partial charge is 0.490 e. The Morgan fingerprint density at radius 1 is 1.22 bits per heavy atom. The van der Waals surface area contributed by atoms with E-state index in [0.717, 1.165) is 32.6 Å². The molecule has 1 N–H and O–H groups in total. The molecule has 6 heteroatoms. The molecule has 0 bridgehead atoms. The minimum absolute atomic E-state index is 0.142. The van der Waals surface area contributed by atoms with E-state index in [-0.39, 0.29) is 5.91 Å². The van der Waals surface area contributed by atoms with Gasteiger partial charge in [0.15, 0.2) is 5.17 Å². The molecule has 3 rings (SSSR count). The van der Waals surface area contributed by atoms with Crippen LogP contribution < -0.4 is 10.1 Å². The van der Waals surface area contributed by atoms with Gasteiger partial charge in [0.2, 0.25) is 0 Å². The van der Waals surface area contributed by atoms with Crippen LogP contribution in [-0.4, -0.2) is 17.7 Å². The summed E-state index contributed by atoms with van der Waals surface area (Å²) in [6, 6.07) is 11.5. The van der Waals surface area contributed by atoms with Crippen molar-refractivity contribution < 1.29 is 9.53 Å². The fourth-order valence-corrected chi connectivity index (χ4v) is 3.62. The number of nitrogens with zero attached hydrogens (tertiary/aromatic N) is 1. The minimum Gasteiger partial charge on any atom is -0.490 e. The molecule has 0 aromatic heterocycles. The van der Waals surface area contributed by atoms with Gasteiger partial charge in [-0.1, -0.05) is 40.7 Å². The Morgan fingerprint density at radius 2 is 1.89 bits per heavy atom. The van der Waals surface area contributed by atoms with Crippen molar-refractivity contribution in [3.8, 4) is 5.75 Å². The van der Waals surface area contributed by atoms with Crippen molar-refractivity contribution in [2.24, 2.45) is 4.99 Å². The highest BCUT2D eigenvalue weighted by atomic mass is 79.9. The van der Waals surface area contributed by atoms with Gasteiger partial charge >= 0.3 is 0 Å². The summed E-state index contributed by atoms with van der Waals surface area (Å²) in [7, 11) is 0.